The van der Waals surface area contributed by atoms with Crippen LogP contribution in [0.4, 0.5) is 5.69 Å². The highest BCUT2D eigenvalue weighted by molar-refractivity contribution is 6.23. The van der Waals surface area contributed by atoms with Crippen LogP contribution < -0.4 is 10.6 Å². The van der Waals surface area contributed by atoms with Crippen LogP contribution in [0, 0.1) is 0 Å². The SMILES string of the molecule is CNC(=O)c1ccc(NC(=O)[C@H](C)N2C(=O)c3ccccc3C2=O)cc1. The monoisotopic (exact) mass is 351 g/mol. The number of anilines is 1. The van der Waals surface area contributed by atoms with Crippen molar-refractivity contribution in [1.82, 2.24) is 10.2 Å². The quantitative estimate of drug-likeness (QED) is 0.819. The van der Waals surface area contributed by atoms with Gasteiger partial charge in [-0.2, -0.15) is 0 Å². The summed E-state index contributed by atoms with van der Waals surface area (Å²) >= 11 is 0. The van der Waals surface area contributed by atoms with E-state index in [1.807, 2.05) is 0 Å². The van der Waals surface area contributed by atoms with Gasteiger partial charge in [0.1, 0.15) is 6.04 Å². The van der Waals surface area contributed by atoms with E-state index in [1.165, 1.54) is 14.0 Å². The lowest BCUT2D eigenvalue weighted by Gasteiger charge is -2.21. The molecule has 0 bridgehead atoms. The molecule has 0 fully saturated rings. The van der Waals surface area contributed by atoms with Gasteiger partial charge < -0.3 is 10.6 Å². The highest BCUT2D eigenvalue weighted by Gasteiger charge is 2.40. The molecule has 0 aliphatic carbocycles. The second-order valence-electron chi connectivity index (χ2n) is 5.85. The summed E-state index contributed by atoms with van der Waals surface area (Å²) in [6.45, 7) is 1.50. The number of rotatable bonds is 4. The van der Waals surface area contributed by atoms with E-state index < -0.39 is 23.8 Å². The van der Waals surface area contributed by atoms with Crippen LogP contribution in [0.15, 0.2) is 48.5 Å². The Kier molecular flexibility index (Phi) is 4.53. The molecule has 2 aromatic carbocycles. The van der Waals surface area contributed by atoms with E-state index in [2.05, 4.69) is 10.6 Å². The Labute approximate surface area is 150 Å². The van der Waals surface area contributed by atoms with Crippen LogP contribution >= 0.6 is 0 Å². The van der Waals surface area contributed by atoms with Crippen molar-refractivity contribution in [2.24, 2.45) is 0 Å². The molecule has 0 saturated carbocycles. The van der Waals surface area contributed by atoms with E-state index in [9.17, 15) is 19.2 Å². The molecule has 1 heterocycles. The van der Waals surface area contributed by atoms with E-state index in [0.717, 1.165) is 4.90 Å². The molecule has 0 aromatic heterocycles. The zero-order valence-electron chi connectivity index (χ0n) is 14.3. The number of carbonyl (C=O) groups is 4. The van der Waals surface area contributed by atoms with Crippen molar-refractivity contribution >= 4 is 29.3 Å². The summed E-state index contributed by atoms with van der Waals surface area (Å²) in [5, 5.41) is 5.16. The smallest absolute Gasteiger partial charge is 0.262 e. The summed E-state index contributed by atoms with van der Waals surface area (Å²) in [6, 6.07) is 11.8. The molecular weight excluding hydrogens is 334 g/mol. The van der Waals surface area contributed by atoms with Crippen molar-refractivity contribution in [2.45, 2.75) is 13.0 Å². The molecule has 7 heteroatoms. The predicted molar refractivity (Wildman–Crippen MR) is 94.9 cm³/mol. The number of amides is 4. The Morgan fingerprint density at radius 3 is 1.96 bits per heavy atom. The lowest BCUT2D eigenvalue weighted by molar-refractivity contribution is -0.119. The molecular formula is C19H17N3O4. The predicted octanol–water partition coefficient (Wildman–Crippen LogP) is 1.67. The molecule has 26 heavy (non-hydrogen) atoms. The van der Waals surface area contributed by atoms with Gasteiger partial charge in [-0.15, -0.1) is 0 Å². The number of hydrogen-bond donors (Lipinski definition) is 2. The number of nitrogens with zero attached hydrogens (tertiary/aromatic N) is 1. The number of imide groups is 1. The summed E-state index contributed by atoms with van der Waals surface area (Å²) in [4.78, 5) is 49.8. The normalized spacial score (nSPS) is 14.0. The van der Waals surface area contributed by atoms with E-state index >= 15 is 0 Å². The molecule has 1 aliphatic heterocycles. The lowest BCUT2D eigenvalue weighted by atomic mass is 10.1. The first-order chi connectivity index (χ1) is 12.4. The fraction of sp³-hybridized carbons (Fsp3) is 0.158. The van der Waals surface area contributed by atoms with E-state index in [0.29, 0.717) is 22.4 Å². The second kappa shape index (κ2) is 6.79. The molecule has 2 N–H and O–H groups in total. The van der Waals surface area contributed by atoms with Gasteiger partial charge in [-0.05, 0) is 43.3 Å². The van der Waals surface area contributed by atoms with Crippen LogP contribution in [0.2, 0.25) is 0 Å². The van der Waals surface area contributed by atoms with Crippen molar-refractivity contribution in [1.29, 1.82) is 0 Å². The van der Waals surface area contributed by atoms with E-state index in [-0.39, 0.29) is 5.91 Å². The fourth-order valence-corrected chi connectivity index (χ4v) is 2.77. The third-order valence-electron chi connectivity index (χ3n) is 4.23. The van der Waals surface area contributed by atoms with Crippen molar-refractivity contribution in [3.05, 3.63) is 65.2 Å². The molecule has 132 valence electrons. The van der Waals surface area contributed by atoms with Gasteiger partial charge in [0.2, 0.25) is 5.91 Å². The van der Waals surface area contributed by atoms with Crippen LogP contribution in [-0.4, -0.2) is 41.6 Å². The zero-order valence-corrected chi connectivity index (χ0v) is 14.3. The number of fused-ring (bicyclic) bond motifs is 1. The lowest BCUT2D eigenvalue weighted by Crippen LogP contribution is -2.45. The van der Waals surface area contributed by atoms with Gasteiger partial charge in [-0.25, -0.2) is 0 Å². The maximum absolute atomic E-state index is 12.5. The van der Waals surface area contributed by atoms with Gasteiger partial charge >= 0.3 is 0 Å². The number of nitrogens with one attached hydrogen (secondary N) is 2. The van der Waals surface area contributed by atoms with Crippen LogP contribution in [0.5, 0.6) is 0 Å². The summed E-state index contributed by atoms with van der Waals surface area (Å²) in [5.41, 5.74) is 1.52. The molecule has 1 aliphatic rings. The van der Waals surface area contributed by atoms with E-state index in [4.69, 9.17) is 0 Å². The van der Waals surface area contributed by atoms with E-state index in [1.54, 1.807) is 48.5 Å². The minimum absolute atomic E-state index is 0.234. The van der Waals surface area contributed by atoms with Crippen LogP contribution in [0.1, 0.15) is 38.0 Å². The minimum atomic E-state index is -0.971. The zero-order chi connectivity index (χ0) is 18.8. The summed E-state index contributed by atoms with van der Waals surface area (Å²) < 4.78 is 0. The van der Waals surface area contributed by atoms with Gasteiger partial charge in [0.15, 0.2) is 0 Å². The topological polar surface area (TPSA) is 95.6 Å². The van der Waals surface area contributed by atoms with Gasteiger partial charge in [0.25, 0.3) is 17.7 Å². The van der Waals surface area contributed by atoms with Crippen molar-refractivity contribution in [2.75, 3.05) is 12.4 Å². The number of carbonyl (C=O) groups excluding carboxylic acids is 4. The molecule has 1 atom stereocenters. The first kappa shape index (κ1) is 17.3. The highest BCUT2D eigenvalue weighted by atomic mass is 16.2. The maximum Gasteiger partial charge on any atom is 0.262 e. The Hall–Kier alpha value is -3.48. The van der Waals surface area contributed by atoms with Gasteiger partial charge in [-0.1, -0.05) is 12.1 Å². The highest BCUT2D eigenvalue weighted by Crippen LogP contribution is 2.25. The van der Waals surface area contributed by atoms with Crippen molar-refractivity contribution in [3.63, 3.8) is 0 Å². The fourth-order valence-electron chi connectivity index (χ4n) is 2.77. The maximum atomic E-state index is 12.5. The Balaban J connectivity index is 1.74. The average molecular weight is 351 g/mol. The third-order valence-corrected chi connectivity index (χ3v) is 4.23. The molecule has 7 nitrogen and oxygen atoms in total. The Morgan fingerprint density at radius 1 is 0.923 bits per heavy atom. The largest absolute Gasteiger partial charge is 0.355 e. The first-order valence-corrected chi connectivity index (χ1v) is 8.04. The van der Waals surface area contributed by atoms with Gasteiger partial charge in [0.05, 0.1) is 11.1 Å². The molecule has 3 rings (SSSR count). The Bertz CT molecular complexity index is 870. The van der Waals surface area contributed by atoms with Crippen LogP contribution in [0.25, 0.3) is 0 Å². The van der Waals surface area contributed by atoms with Crippen molar-refractivity contribution < 1.29 is 19.2 Å². The first-order valence-electron chi connectivity index (χ1n) is 8.04. The van der Waals surface area contributed by atoms with Crippen molar-refractivity contribution in [3.8, 4) is 0 Å². The second-order valence-corrected chi connectivity index (χ2v) is 5.85. The summed E-state index contributed by atoms with van der Waals surface area (Å²) in [7, 11) is 1.53. The third kappa shape index (κ3) is 2.95. The minimum Gasteiger partial charge on any atom is -0.355 e. The molecule has 2 aromatic rings. The molecule has 0 radical (unpaired) electrons. The molecule has 0 saturated heterocycles. The van der Waals surface area contributed by atoms with Gasteiger partial charge in [0, 0.05) is 18.3 Å². The summed E-state index contributed by atoms with van der Waals surface area (Å²) in [6.07, 6.45) is 0. The summed E-state index contributed by atoms with van der Waals surface area (Å²) in [5.74, 6) is -1.69. The molecule has 0 unspecified atom stereocenters. The van der Waals surface area contributed by atoms with Crippen LogP contribution in [0.3, 0.4) is 0 Å². The average Bonchev–Trinajstić information content (AvgIpc) is 2.92. The molecule has 0 spiro atoms. The Morgan fingerprint density at radius 2 is 1.46 bits per heavy atom. The van der Waals surface area contributed by atoms with Crippen LogP contribution in [-0.2, 0) is 4.79 Å². The number of benzene rings is 2. The standard InChI is InChI=1S/C19H17N3O4/c1-11(22-18(25)14-5-3-4-6-15(14)19(22)26)16(23)21-13-9-7-12(8-10-13)17(24)20-2/h3-11H,1-2H3,(H,20,24)(H,21,23)/t11-/m0/s1. The van der Waals surface area contributed by atoms with Gasteiger partial charge in [-0.3, -0.25) is 24.1 Å². The number of hydrogen-bond acceptors (Lipinski definition) is 4. The molecule has 4 amide bonds.